The average molecular weight is 559 g/mol. The summed E-state index contributed by atoms with van der Waals surface area (Å²) in [6.07, 6.45) is 0.971. The van der Waals surface area contributed by atoms with Crippen LogP contribution in [0.15, 0.2) is 49.8 Å². The van der Waals surface area contributed by atoms with Crippen LogP contribution in [0.4, 0.5) is 0 Å². The van der Waals surface area contributed by atoms with Crippen LogP contribution < -0.4 is 9.94 Å². The van der Waals surface area contributed by atoms with Crippen molar-refractivity contribution in [3.63, 3.8) is 0 Å². The first-order valence-electron chi connectivity index (χ1n) is 10.4. The van der Waals surface area contributed by atoms with Crippen LogP contribution in [0.25, 0.3) is 10.2 Å². The van der Waals surface area contributed by atoms with Crippen molar-refractivity contribution >= 4 is 64.8 Å². The summed E-state index contributed by atoms with van der Waals surface area (Å²) in [6.45, 7) is 0.0620. The number of thiophene rings is 1. The molecule has 0 spiro atoms. The van der Waals surface area contributed by atoms with Crippen molar-refractivity contribution in [2.45, 2.75) is 28.5 Å². The molecule has 1 aliphatic rings. The third-order valence-corrected chi connectivity index (χ3v) is 10.7. The minimum absolute atomic E-state index is 0.0000285. The molecule has 3 aromatic rings. The minimum atomic E-state index is -3.96. The molecule has 0 radical (unpaired) electrons. The Balaban J connectivity index is 1.70. The third kappa shape index (κ3) is 5.39. The zero-order valence-corrected chi connectivity index (χ0v) is 21.8. The predicted octanol–water partition coefficient (Wildman–Crippen LogP) is 1.11. The summed E-state index contributed by atoms with van der Waals surface area (Å²) in [6, 6.07) is 7.32. The molecular weight excluding hydrogens is 537 g/mol. The maximum absolute atomic E-state index is 13.1. The van der Waals surface area contributed by atoms with E-state index in [4.69, 9.17) is 9.88 Å². The first kappa shape index (κ1) is 25.7. The van der Waals surface area contributed by atoms with Crippen LogP contribution in [-0.4, -0.2) is 57.8 Å². The number of aromatic nitrogens is 1. The van der Waals surface area contributed by atoms with Crippen molar-refractivity contribution in [2.24, 2.45) is 16.0 Å². The highest BCUT2D eigenvalue weighted by Gasteiger charge is 2.34. The van der Waals surface area contributed by atoms with Crippen molar-refractivity contribution < 1.29 is 31.2 Å². The number of ether oxygens (including phenoxy) is 1. The van der Waals surface area contributed by atoms with E-state index in [1.807, 2.05) is 0 Å². The van der Waals surface area contributed by atoms with Crippen molar-refractivity contribution in [3.8, 4) is 0 Å². The Hall–Kier alpha value is -2.43. The number of rotatable bonds is 6. The van der Waals surface area contributed by atoms with E-state index < -0.39 is 37.8 Å². The Bertz CT molecular complexity index is 1550. The van der Waals surface area contributed by atoms with Crippen LogP contribution in [0, 0.1) is 5.92 Å². The standard InChI is InChI=1S/C20H22N4O7S4/c1-31-17(25)12-24-15-7-6-14(34(21,27)28)10-16(15)33-20(24)22-19(26)13-4-2-8-23(11-13)35(29,30)18-5-3-9-32-18/h3,5-7,9-10,13H,2,4,8,11-12H2,1H3,(H2,21,27,28). The van der Waals surface area contributed by atoms with Crippen molar-refractivity contribution in [1.82, 2.24) is 8.87 Å². The van der Waals surface area contributed by atoms with Gasteiger partial charge in [0.1, 0.15) is 10.8 Å². The molecule has 0 saturated carbocycles. The highest BCUT2D eigenvalue weighted by molar-refractivity contribution is 7.91. The molecule has 35 heavy (non-hydrogen) atoms. The molecule has 1 fully saturated rings. The highest BCUT2D eigenvalue weighted by Crippen LogP contribution is 2.27. The van der Waals surface area contributed by atoms with Gasteiger partial charge in [0.15, 0.2) is 4.80 Å². The Kier molecular flexibility index (Phi) is 7.26. The Morgan fingerprint density at radius 2 is 2.00 bits per heavy atom. The fourth-order valence-corrected chi connectivity index (χ4v) is 8.10. The molecule has 15 heteroatoms. The summed E-state index contributed by atoms with van der Waals surface area (Å²) < 4.78 is 57.5. The molecule has 11 nitrogen and oxygen atoms in total. The Labute approximate surface area is 209 Å². The molecule has 188 valence electrons. The topological polar surface area (TPSA) is 158 Å². The molecule has 4 rings (SSSR count). The number of sulfonamides is 2. The number of nitrogens with zero attached hydrogens (tertiary/aromatic N) is 3. The predicted molar refractivity (Wildman–Crippen MR) is 130 cm³/mol. The number of fused-ring (bicyclic) bond motifs is 1. The van der Waals surface area contributed by atoms with E-state index in [9.17, 15) is 26.4 Å². The highest BCUT2D eigenvalue weighted by atomic mass is 32.2. The monoisotopic (exact) mass is 558 g/mol. The summed E-state index contributed by atoms with van der Waals surface area (Å²) in [5.74, 6) is -1.76. The maximum Gasteiger partial charge on any atom is 0.325 e. The van der Waals surface area contributed by atoms with Gasteiger partial charge in [-0.1, -0.05) is 17.4 Å². The van der Waals surface area contributed by atoms with Crippen LogP contribution in [0.3, 0.4) is 0 Å². The lowest BCUT2D eigenvalue weighted by Gasteiger charge is -2.29. The van der Waals surface area contributed by atoms with E-state index in [1.54, 1.807) is 11.4 Å². The Morgan fingerprint density at radius 3 is 2.66 bits per heavy atom. The lowest BCUT2D eigenvalue weighted by Crippen LogP contribution is -2.42. The molecule has 1 aliphatic heterocycles. The second kappa shape index (κ2) is 9.91. The van der Waals surface area contributed by atoms with Crippen molar-refractivity contribution in [3.05, 3.63) is 40.5 Å². The number of hydrogen-bond donors (Lipinski definition) is 1. The van der Waals surface area contributed by atoms with Gasteiger partial charge in [0.25, 0.3) is 15.9 Å². The number of nitrogens with two attached hydrogens (primary N) is 1. The average Bonchev–Trinajstić information content (AvgIpc) is 3.47. The number of benzene rings is 1. The van der Waals surface area contributed by atoms with Crippen LogP contribution in [0.2, 0.25) is 0 Å². The van der Waals surface area contributed by atoms with Gasteiger partial charge in [0.2, 0.25) is 10.0 Å². The van der Waals surface area contributed by atoms with E-state index in [-0.39, 0.29) is 27.0 Å². The second-order valence-corrected chi connectivity index (χ2v) is 13.5. The summed E-state index contributed by atoms with van der Waals surface area (Å²) in [5.41, 5.74) is 0.477. The quantitative estimate of drug-likeness (QED) is 0.444. The summed E-state index contributed by atoms with van der Waals surface area (Å²) in [7, 11) is -6.43. The molecular formula is C20H22N4O7S4. The maximum atomic E-state index is 13.1. The smallest absolute Gasteiger partial charge is 0.325 e. The second-order valence-electron chi connectivity index (χ2n) is 7.81. The van der Waals surface area contributed by atoms with Gasteiger partial charge in [-0.3, -0.25) is 9.59 Å². The molecule has 1 unspecified atom stereocenters. The molecule has 1 saturated heterocycles. The number of carbonyl (C=O) groups excluding carboxylic acids is 2. The molecule has 2 aromatic heterocycles. The third-order valence-electron chi connectivity index (χ3n) is 5.53. The zero-order chi connectivity index (χ0) is 25.4. The van der Waals surface area contributed by atoms with E-state index >= 15 is 0 Å². The van der Waals surface area contributed by atoms with Gasteiger partial charge in [-0.15, -0.1) is 11.3 Å². The van der Waals surface area contributed by atoms with Gasteiger partial charge >= 0.3 is 5.97 Å². The first-order chi connectivity index (χ1) is 16.5. The van der Waals surface area contributed by atoms with Gasteiger partial charge in [-0.2, -0.15) is 9.30 Å². The fourth-order valence-electron chi connectivity index (χ4n) is 3.75. The number of methoxy groups -OCH3 is 1. The number of esters is 1. The molecule has 0 bridgehead atoms. The van der Waals surface area contributed by atoms with Crippen LogP contribution in [0.5, 0.6) is 0 Å². The largest absolute Gasteiger partial charge is 0.468 e. The van der Waals surface area contributed by atoms with Gasteiger partial charge < -0.3 is 9.30 Å². The number of amides is 1. The number of hydrogen-bond acceptors (Lipinski definition) is 9. The SMILES string of the molecule is COC(=O)Cn1c(=NC(=O)C2CCCN(S(=O)(=O)c3cccs3)C2)sc2cc(S(N)(=O)=O)ccc21. The summed E-state index contributed by atoms with van der Waals surface area (Å²) in [4.78, 5) is 29.4. The molecule has 2 N–H and O–H groups in total. The molecule has 3 heterocycles. The lowest BCUT2D eigenvalue weighted by molar-refractivity contribution is -0.141. The van der Waals surface area contributed by atoms with Crippen LogP contribution in [-0.2, 0) is 40.9 Å². The molecule has 1 atom stereocenters. The van der Waals surface area contributed by atoms with E-state index in [2.05, 4.69) is 4.99 Å². The van der Waals surface area contributed by atoms with Gasteiger partial charge in [0.05, 0.1) is 28.1 Å². The number of carbonyl (C=O) groups is 2. The molecule has 1 aromatic carbocycles. The Morgan fingerprint density at radius 1 is 1.23 bits per heavy atom. The number of primary sulfonamides is 1. The van der Waals surface area contributed by atoms with Crippen molar-refractivity contribution in [2.75, 3.05) is 20.2 Å². The summed E-state index contributed by atoms with van der Waals surface area (Å²) in [5, 5.41) is 6.90. The van der Waals surface area contributed by atoms with E-state index in [0.717, 1.165) is 22.7 Å². The van der Waals surface area contributed by atoms with E-state index in [0.29, 0.717) is 29.6 Å². The zero-order valence-electron chi connectivity index (χ0n) is 18.5. The lowest BCUT2D eigenvalue weighted by atomic mass is 9.99. The van der Waals surface area contributed by atoms with E-state index in [1.165, 1.54) is 40.2 Å². The van der Waals surface area contributed by atoms with Crippen molar-refractivity contribution in [1.29, 1.82) is 0 Å². The fraction of sp³-hybridized carbons (Fsp3) is 0.350. The van der Waals surface area contributed by atoms with Gasteiger partial charge in [-0.05, 0) is 42.5 Å². The van der Waals surface area contributed by atoms with Gasteiger partial charge in [-0.25, -0.2) is 22.0 Å². The minimum Gasteiger partial charge on any atom is -0.468 e. The van der Waals surface area contributed by atoms with Crippen LogP contribution >= 0.6 is 22.7 Å². The summed E-state index contributed by atoms with van der Waals surface area (Å²) >= 11 is 2.14. The number of thiazole rings is 1. The van der Waals surface area contributed by atoms with Gasteiger partial charge in [0, 0.05) is 13.1 Å². The first-order valence-corrected chi connectivity index (χ1v) is 15.0. The number of piperidine rings is 1. The molecule has 1 amide bonds. The molecule has 0 aliphatic carbocycles. The normalized spacial score (nSPS) is 18.1. The van der Waals surface area contributed by atoms with Crippen LogP contribution in [0.1, 0.15) is 12.8 Å².